The van der Waals surface area contributed by atoms with Crippen LogP contribution in [-0.2, 0) is 0 Å². The molecule has 0 spiro atoms. The fraction of sp³-hybridized carbons (Fsp3) is 0.458. The van der Waals surface area contributed by atoms with E-state index in [2.05, 4.69) is 72.2 Å². The highest BCUT2D eigenvalue weighted by atomic mass is 16.5. The van der Waals surface area contributed by atoms with Crippen molar-refractivity contribution in [1.82, 2.24) is 10.9 Å². The summed E-state index contributed by atoms with van der Waals surface area (Å²) in [5.41, 5.74) is 11.0. The number of aliphatic hydroxyl groups is 2. The van der Waals surface area contributed by atoms with Gasteiger partial charge in [-0.05, 0) is 37.3 Å². The minimum absolute atomic E-state index is 0.0549. The maximum Gasteiger partial charge on any atom is 0.159 e. The van der Waals surface area contributed by atoms with Crippen LogP contribution in [-0.4, -0.2) is 22.3 Å². The van der Waals surface area contributed by atoms with Gasteiger partial charge in [0.25, 0.3) is 0 Å². The highest BCUT2D eigenvalue weighted by molar-refractivity contribution is 5.78. The molecule has 5 nitrogen and oxygen atoms in total. The molecule has 0 radical (unpaired) electrons. The van der Waals surface area contributed by atoms with E-state index in [0.29, 0.717) is 6.42 Å². The summed E-state index contributed by atoms with van der Waals surface area (Å²) in [6.45, 7) is 5.91. The van der Waals surface area contributed by atoms with Gasteiger partial charge in [-0.25, -0.2) is 10.4 Å². The molecule has 0 aromatic heterocycles. The first-order valence-electron chi connectivity index (χ1n) is 10.4. The van der Waals surface area contributed by atoms with Gasteiger partial charge in [-0.2, -0.15) is 0 Å². The molecule has 0 saturated heterocycles. The third kappa shape index (κ3) is 6.39. The zero-order valence-electron chi connectivity index (χ0n) is 17.7. The van der Waals surface area contributed by atoms with E-state index in [1.165, 1.54) is 23.6 Å². The number of nitrogens with zero attached hydrogens (tertiary/aromatic N) is 1. The Hall–Kier alpha value is -2.21. The Morgan fingerprint density at radius 3 is 2.59 bits per heavy atom. The maximum absolute atomic E-state index is 9.42. The third-order valence-corrected chi connectivity index (χ3v) is 5.25. The summed E-state index contributed by atoms with van der Waals surface area (Å²) < 4.78 is 0. The molecule has 156 valence electrons. The van der Waals surface area contributed by atoms with Gasteiger partial charge in [0, 0.05) is 17.4 Å². The van der Waals surface area contributed by atoms with Crippen LogP contribution in [0.15, 0.2) is 59.1 Å². The molecule has 0 saturated carbocycles. The topological polar surface area (TPSA) is 76.9 Å². The molecular formula is C24H33N3O2. The number of allylic oxidation sites excluding steroid dienone is 6. The second kappa shape index (κ2) is 9.08. The van der Waals surface area contributed by atoms with Gasteiger partial charge in [-0.3, -0.25) is 0 Å². The predicted octanol–water partition coefficient (Wildman–Crippen LogP) is 4.38. The van der Waals surface area contributed by atoms with Crippen molar-refractivity contribution < 1.29 is 10.2 Å². The second-order valence-corrected chi connectivity index (χ2v) is 8.81. The Bertz CT molecular complexity index is 829. The van der Waals surface area contributed by atoms with Crippen molar-refractivity contribution in [1.29, 1.82) is 0 Å². The number of unbranched alkanes of at least 4 members (excludes halogenated alkanes) is 2. The predicted molar refractivity (Wildman–Crippen MR) is 119 cm³/mol. The van der Waals surface area contributed by atoms with Crippen LogP contribution < -0.4 is 10.9 Å². The number of aliphatic imine (C=N–C) groups is 1. The molecule has 1 aliphatic heterocycles. The van der Waals surface area contributed by atoms with Gasteiger partial charge in [0.1, 0.15) is 6.17 Å². The molecule has 1 unspecified atom stereocenters. The van der Waals surface area contributed by atoms with Gasteiger partial charge in [-0.1, -0.05) is 74.4 Å². The fourth-order valence-electron chi connectivity index (χ4n) is 3.92. The third-order valence-electron chi connectivity index (χ3n) is 5.25. The first-order valence-corrected chi connectivity index (χ1v) is 10.4. The lowest BCUT2D eigenvalue weighted by molar-refractivity contribution is -0.150. The first-order chi connectivity index (χ1) is 13.7. The number of hydrogen-bond donors (Lipinski definition) is 4. The molecule has 0 fully saturated rings. The number of rotatable bonds is 8. The van der Waals surface area contributed by atoms with Crippen molar-refractivity contribution >= 4 is 11.9 Å². The van der Waals surface area contributed by atoms with Crippen molar-refractivity contribution in [2.45, 2.75) is 64.8 Å². The van der Waals surface area contributed by atoms with Crippen LogP contribution in [0.1, 0.15) is 70.2 Å². The molecule has 0 amide bonds. The van der Waals surface area contributed by atoms with E-state index in [1.807, 2.05) is 6.07 Å². The molecule has 4 N–H and O–H groups in total. The van der Waals surface area contributed by atoms with Crippen LogP contribution in [0.2, 0.25) is 0 Å². The number of hydrazine groups is 1. The van der Waals surface area contributed by atoms with Gasteiger partial charge in [-0.15, -0.1) is 0 Å². The Balaban J connectivity index is 1.70. The van der Waals surface area contributed by atoms with Gasteiger partial charge < -0.3 is 15.6 Å². The van der Waals surface area contributed by atoms with E-state index >= 15 is 0 Å². The normalized spacial score (nSPS) is 20.8. The minimum atomic E-state index is -1.55. The molecular weight excluding hydrogens is 362 g/mol. The summed E-state index contributed by atoms with van der Waals surface area (Å²) in [5, 5.41) is 18.8. The lowest BCUT2D eigenvalue weighted by Crippen LogP contribution is -2.26. The quantitative estimate of drug-likeness (QED) is 0.389. The SMILES string of the molecule is CC1(C)C=C(CCCCCC(C)(O)O)C=CC(c2ccccc2C2N=CNN2)=C1. The van der Waals surface area contributed by atoms with Crippen LogP contribution in [0.4, 0.5) is 0 Å². The van der Waals surface area contributed by atoms with Crippen molar-refractivity contribution in [2.24, 2.45) is 10.4 Å². The van der Waals surface area contributed by atoms with Crippen molar-refractivity contribution in [3.05, 3.63) is 65.3 Å². The van der Waals surface area contributed by atoms with E-state index in [4.69, 9.17) is 0 Å². The van der Waals surface area contributed by atoms with E-state index in [1.54, 1.807) is 6.34 Å². The molecule has 1 atom stereocenters. The molecule has 29 heavy (non-hydrogen) atoms. The van der Waals surface area contributed by atoms with E-state index in [0.717, 1.165) is 31.2 Å². The zero-order chi connectivity index (χ0) is 20.9. The largest absolute Gasteiger partial charge is 0.366 e. The molecule has 1 aliphatic carbocycles. The number of nitrogens with one attached hydrogen (secondary N) is 2. The Morgan fingerprint density at radius 2 is 1.86 bits per heavy atom. The fourth-order valence-corrected chi connectivity index (χ4v) is 3.92. The molecule has 1 aromatic rings. The molecule has 3 rings (SSSR count). The summed E-state index contributed by atoms with van der Waals surface area (Å²) in [6.07, 6.45) is 15.0. The highest BCUT2D eigenvalue weighted by Crippen LogP contribution is 2.35. The summed E-state index contributed by atoms with van der Waals surface area (Å²) in [6, 6.07) is 8.40. The summed E-state index contributed by atoms with van der Waals surface area (Å²) >= 11 is 0. The molecule has 0 bridgehead atoms. The summed E-state index contributed by atoms with van der Waals surface area (Å²) in [4.78, 5) is 4.46. The van der Waals surface area contributed by atoms with Crippen LogP contribution in [0.5, 0.6) is 0 Å². The van der Waals surface area contributed by atoms with Gasteiger partial charge >= 0.3 is 0 Å². The summed E-state index contributed by atoms with van der Waals surface area (Å²) in [7, 11) is 0. The monoisotopic (exact) mass is 395 g/mol. The smallest absolute Gasteiger partial charge is 0.159 e. The average molecular weight is 396 g/mol. The van der Waals surface area contributed by atoms with Gasteiger partial charge in [0.05, 0.1) is 6.34 Å². The van der Waals surface area contributed by atoms with E-state index in [-0.39, 0.29) is 11.6 Å². The highest BCUT2D eigenvalue weighted by Gasteiger charge is 2.21. The Morgan fingerprint density at radius 1 is 1.07 bits per heavy atom. The lowest BCUT2D eigenvalue weighted by Gasteiger charge is -2.19. The molecule has 1 heterocycles. The van der Waals surface area contributed by atoms with Crippen molar-refractivity contribution in [3.8, 4) is 0 Å². The molecule has 5 heteroatoms. The van der Waals surface area contributed by atoms with Crippen molar-refractivity contribution in [3.63, 3.8) is 0 Å². The van der Waals surface area contributed by atoms with Crippen molar-refractivity contribution in [2.75, 3.05) is 0 Å². The van der Waals surface area contributed by atoms with E-state index < -0.39 is 5.79 Å². The first kappa shape index (κ1) is 21.5. The van der Waals surface area contributed by atoms with Crippen LogP contribution >= 0.6 is 0 Å². The number of hydrogen-bond acceptors (Lipinski definition) is 5. The second-order valence-electron chi connectivity index (χ2n) is 8.81. The van der Waals surface area contributed by atoms with Crippen LogP contribution in [0.3, 0.4) is 0 Å². The standard InChI is InChI=1S/C24H33N3O2/c1-23(2)15-18(9-5-4-8-14-24(3,28)29)12-13-19(16-23)20-10-6-7-11-21(20)22-25-17-26-27-22/h6-7,10-13,15-17,22,27-29H,4-5,8-9,14H2,1-3H3,(H,25,26). The lowest BCUT2D eigenvalue weighted by atomic mass is 9.87. The zero-order valence-corrected chi connectivity index (χ0v) is 17.7. The van der Waals surface area contributed by atoms with Crippen LogP contribution in [0, 0.1) is 5.41 Å². The molecule has 1 aromatic carbocycles. The molecule has 2 aliphatic rings. The average Bonchev–Trinajstić information content (AvgIpc) is 3.12. The summed E-state index contributed by atoms with van der Waals surface area (Å²) in [5.74, 6) is -1.55. The van der Waals surface area contributed by atoms with Gasteiger partial charge in [0.15, 0.2) is 5.79 Å². The van der Waals surface area contributed by atoms with Gasteiger partial charge in [0.2, 0.25) is 0 Å². The van der Waals surface area contributed by atoms with Crippen LogP contribution in [0.25, 0.3) is 5.57 Å². The Labute approximate surface area is 173 Å². The maximum atomic E-state index is 9.42. The Kier molecular flexibility index (Phi) is 6.73. The van der Waals surface area contributed by atoms with E-state index in [9.17, 15) is 10.2 Å². The minimum Gasteiger partial charge on any atom is -0.366 e. The number of benzene rings is 1.